The smallest absolute Gasteiger partial charge is 0.126 e. The lowest BCUT2D eigenvalue weighted by molar-refractivity contribution is 0.308. The van der Waals surface area contributed by atoms with Gasteiger partial charge >= 0.3 is 0 Å². The molecule has 0 fully saturated rings. The highest BCUT2D eigenvalue weighted by Gasteiger charge is 2.23. The number of rotatable bonds is 8. The van der Waals surface area contributed by atoms with Crippen molar-refractivity contribution in [3.8, 4) is 5.75 Å². The largest absolute Gasteiger partial charge is 0.494 e. The molecule has 0 amide bonds. The molecule has 3 rings (SSSR count). The molecule has 0 heterocycles. The molecular formula is C24H31FO. The third kappa shape index (κ3) is 4.66. The first-order valence-electron chi connectivity index (χ1n) is 10.2. The van der Waals surface area contributed by atoms with Crippen molar-refractivity contribution in [1.29, 1.82) is 0 Å². The highest BCUT2D eigenvalue weighted by atomic mass is 19.1. The van der Waals surface area contributed by atoms with E-state index in [9.17, 15) is 4.39 Å². The molecule has 0 aliphatic heterocycles. The maximum atomic E-state index is 14.7. The molecule has 140 valence electrons. The Morgan fingerprint density at radius 3 is 2.62 bits per heavy atom. The second kappa shape index (κ2) is 9.21. The van der Waals surface area contributed by atoms with Gasteiger partial charge in [-0.3, -0.25) is 0 Å². The van der Waals surface area contributed by atoms with E-state index in [1.807, 2.05) is 6.07 Å². The molecule has 1 nitrogen and oxygen atoms in total. The second-order valence-corrected chi connectivity index (χ2v) is 7.53. The highest BCUT2D eigenvalue weighted by Crippen LogP contribution is 2.35. The summed E-state index contributed by atoms with van der Waals surface area (Å²) in [7, 11) is 0. The van der Waals surface area contributed by atoms with Crippen LogP contribution >= 0.6 is 0 Å². The van der Waals surface area contributed by atoms with Gasteiger partial charge in [0.25, 0.3) is 0 Å². The van der Waals surface area contributed by atoms with Crippen LogP contribution in [-0.2, 0) is 19.3 Å². The number of benzene rings is 2. The van der Waals surface area contributed by atoms with Crippen molar-refractivity contribution in [2.75, 3.05) is 6.61 Å². The van der Waals surface area contributed by atoms with Crippen LogP contribution < -0.4 is 4.74 Å². The van der Waals surface area contributed by atoms with Gasteiger partial charge in [0.2, 0.25) is 0 Å². The van der Waals surface area contributed by atoms with Crippen molar-refractivity contribution in [3.63, 3.8) is 0 Å². The lowest BCUT2D eigenvalue weighted by Crippen LogP contribution is -2.14. The highest BCUT2D eigenvalue weighted by molar-refractivity contribution is 5.40. The Morgan fingerprint density at radius 2 is 1.85 bits per heavy atom. The average Bonchev–Trinajstić information content (AvgIpc) is 2.66. The van der Waals surface area contributed by atoms with Gasteiger partial charge in [-0.05, 0) is 84.9 Å². The van der Waals surface area contributed by atoms with Crippen LogP contribution in [0, 0.1) is 5.82 Å². The molecule has 26 heavy (non-hydrogen) atoms. The van der Waals surface area contributed by atoms with Crippen LogP contribution in [0.1, 0.15) is 74.1 Å². The lowest BCUT2D eigenvalue weighted by Gasteiger charge is -2.26. The zero-order chi connectivity index (χ0) is 18.4. The van der Waals surface area contributed by atoms with Gasteiger partial charge in [0.15, 0.2) is 0 Å². The molecule has 0 bridgehead atoms. The first-order valence-corrected chi connectivity index (χ1v) is 10.2. The Kier molecular flexibility index (Phi) is 6.71. The van der Waals surface area contributed by atoms with Crippen LogP contribution in [0.2, 0.25) is 0 Å². The minimum atomic E-state index is -0.0217. The SMILES string of the molecule is CCCCOc1ccc2c(c1)CCC(c1ccc(CCCC)cc1F)C2. The summed E-state index contributed by atoms with van der Waals surface area (Å²) in [6.45, 7) is 5.13. The van der Waals surface area contributed by atoms with E-state index < -0.39 is 0 Å². The van der Waals surface area contributed by atoms with E-state index in [1.165, 1.54) is 11.1 Å². The Hall–Kier alpha value is -1.83. The van der Waals surface area contributed by atoms with Crippen molar-refractivity contribution in [1.82, 2.24) is 0 Å². The molecule has 2 aromatic carbocycles. The third-order valence-electron chi connectivity index (χ3n) is 5.50. The van der Waals surface area contributed by atoms with Gasteiger partial charge in [-0.2, -0.15) is 0 Å². The van der Waals surface area contributed by atoms with Gasteiger partial charge in [-0.25, -0.2) is 4.39 Å². The number of fused-ring (bicyclic) bond motifs is 1. The summed E-state index contributed by atoms with van der Waals surface area (Å²) in [4.78, 5) is 0. The van der Waals surface area contributed by atoms with Gasteiger partial charge in [0, 0.05) is 0 Å². The molecule has 0 aromatic heterocycles. The molecule has 0 saturated carbocycles. The second-order valence-electron chi connectivity index (χ2n) is 7.53. The standard InChI is InChI=1S/C24H31FO/c1-3-5-7-18-8-13-23(24(25)15-18)21-10-9-20-17-22(26-14-6-4-2)12-11-19(20)16-21/h8,11-13,15,17,21H,3-7,9-10,14,16H2,1-2H3. The van der Waals surface area contributed by atoms with Crippen LogP contribution in [0.25, 0.3) is 0 Å². The fourth-order valence-electron chi connectivity index (χ4n) is 3.86. The zero-order valence-electron chi connectivity index (χ0n) is 16.2. The van der Waals surface area contributed by atoms with E-state index in [4.69, 9.17) is 4.74 Å². The molecule has 0 saturated heterocycles. The maximum Gasteiger partial charge on any atom is 0.126 e. The van der Waals surface area contributed by atoms with Crippen molar-refractivity contribution in [2.24, 2.45) is 0 Å². The van der Waals surface area contributed by atoms with Gasteiger partial charge < -0.3 is 4.74 Å². The van der Waals surface area contributed by atoms with Crippen molar-refractivity contribution in [2.45, 2.75) is 71.1 Å². The Balaban J connectivity index is 1.68. The number of hydrogen-bond donors (Lipinski definition) is 0. The molecule has 1 aliphatic rings. The first kappa shape index (κ1) is 18.9. The summed E-state index contributed by atoms with van der Waals surface area (Å²) in [5.41, 5.74) is 4.73. The normalized spacial score (nSPS) is 16.3. The van der Waals surface area contributed by atoms with Gasteiger partial charge in [-0.15, -0.1) is 0 Å². The van der Waals surface area contributed by atoms with Crippen molar-refractivity contribution in [3.05, 3.63) is 64.5 Å². The summed E-state index contributed by atoms with van der Waals surface area (Å²) in [6.07, 6.45) is 8.42. The predicted octanol–water partition coefficient (Wildman–Crippen LogP) is 6.62. The van der Waals surface area contributed by atoms with E-state index in [0.717, 1.165) is 74.8 Å². The molecule has 0 radical (unpaired) electrons. The van der Waals surface area contributed by atoms with Crippen LogP contribution in [-0.4, -0.2) is 6.61 Å². The van der Waals surface area contributed by atoms with E-state index in [0.29, 0.717) is 0 Å². The average molecular weight is 355 g/mol. The van der Waals surface area contributed by atoms with Crippen molar-refractivity contribution < 1.29 is 9.13 Å². The van der Waals surface area contributed by atoms with Crippen LogP contribution in [0.15, 0.2) is 36.4 Å². The fraction of sp³-hybridized carbons (Fsp3) is 0.500. The first-order chi connectivity index (χ1) is 12.7. The molecule has 0 N–H and O–H groups in total. The Bertz CT molecular complexity index is 722. The quantitative estimate of drug-likeness (QED) is 0.484. The number of halogens is 1. The number of aryl methyl sites for hydroxylation is 2. The van der Waals surface area contributed by atoms with Crippen molar-refractivity contribution >= 4 is 0 Å². The molecule has 0 spiro atoms. The maximum absolute atomic E-state index is 14.7. The van der Waals surface area contributed by atoms with Gasteiger partial charge in [0.05, 0.1) is 6.61 Å². The van der Waals surface area contributed by atoms with Crippen LogP contribution in [0.4, 0.5) is 4.39 Å². The Morgan fingerprint density at radius 1 is 1.00 bits per heavy atom. The summed E-state index contributed by atoms with van der Waals surface area (Å²) in [5.74, 6) is 1.24. The number of unbranched alkanes of at least 4 members (excludes halogenated alkanes) is 2. The Labute approximate surface area is 157 Å². The third-order valence-corrected chi connectivity index (χ3v) is 5.50. The van der Waals surface area contributed by atoms with E-state index in [-0.39, 0.29) is 11.7 Å². The zero-order valence-corrected chi connectivity index (χ0v) is 16.2. The molecule has 2 heteroatoms. The van der Waals surface area contributed by atoms with E-state index >= 15 is 0 Å². The molecular weight excluding hydrogens is 323 g/mol. The van der Waals surface area contributed by atoms with Crippen LogP contribution in [0.3, 0.4) is 0 Å². The summed E-state index contributed by atoms with van der Waals surface area (Å²) in [6, 6.07) is 12.3. The van der Waals surface area contributed by atoms with Gasteiger partial charge in [0.1, 0.15) is 11.6 Å². The molecule has 1 unspecified atom stereocenters. The van der Waals surface area contributed by atoms with E-state index in [2.05, 4.69) is 38.1 Å². The lowest BCUT2D eigenvalue weighted by atomic mass is 9.79. The number of hydrogen-bond acceptors (Lipinski definition) is 1. The summed E-state index contributed by atoms with van der Waals surface area (Å²) < 4.78 is 20.5. The minimum absolute atomic E-state index is 0.0217. The van der Waals surface area contributed by atoms with Crippen LogP contribution in [0.5, 0.6) is 5.75 Å². The number of ether oxygens (including phenoxy) is 1. The fourth-order valence-corrected chi connectivity index (χ4v) is 3.86. The summed E-state index contributed by atoms with van der Waals surface area (Å²) in [5, 5.41) is 0. The molecule has 1 atom stereocenters. The summed E-state index contributed by atoms with van der Waals surface area (Å²) >= 11 is 0. The molecule has 1 aliphatic carbocycles. The van der Waals surface area contributed by atoms with Gasteiger partial charge in [-0.1, -0.05) is 44.9 Å². The topological polar surface area (TPSA) is 9.23 Å². The monoisotopic (exact) mass is 354 g/mol. The predicted molar refractivity (Wildman–Crippen MR) is 107 cm³/mol. The molecule has 2 aromatic rings. The minimum Gasteiger partial charge on any atom is -0.494 e. The van der Waals surface area contributed by atoms with E-state index in [1.54, 1.807) is 6.07 Å².